The van der Waals surface area contributed by atoms with Crippen LogP contribution in [0.25, 0.3) is 11.1 Å². The van der Waals surface area contributed by atoms with Crippen LogP contribution < -0.4 is 4.74 Å². The lowest BCUT2D eigenvalue weighted by atomic mass is 10.0. The molecule has 0 aliphatic rings. The first-order valence-electron chi connectivity index (χ1n) is 6.01. The molecule has 3 nitrogen and oxygen atoms in total. The molecule has 2 aromatic rings. The van der Waals surface area contributed by atoms with Crippen molar-refractivity contribution in [2.75, 3.05) is 20.8 Å². The summed E-state index contributed by atoms with van der Waals surface area (Å²) in [5.74, 6) is 0.819. The predicted octanol–water partition coefficient (Wildman–Crippen LogP) is 3.19. The number of carbonyl (C=O) groups is 1. The maximum absolute atomic E-state index is 11.6. The van der Waals surface area contributed by atoms with Gasteiger partial charge in [-0.2, -0.15) is 0 Å². The number of ketones is 1. The van der Waals surface area contributed by atoms with E-state index in [9.17, 15) is 4.79 Å². The van der Waals surface area contributed by atoms with Crippen LogP contribution in [0.1, 0.15) is 10.4 Å². The minimum absolute atomic E-state index is 0.0104. The third-order valence-corrected chi connectivity index (χ3v) is 2.91. The molecule has 0 heterocycles. The monoisotopic (exact) mass is 256 g/mol. The Morgan fingerprint density at radius 2 is 1.42 bits per heavy atom. The highest BCUT2D eigenvalue weighted by Gasteiger charge is 2.05. The molecule has 19 heavy (non-hydrogen) atoms. The first-order chi connectivity index (χ1) is 9.24. The summed E-state index contributed by atoms with van der Waals surface area (Å²) < 4.78 is 9.96. The zero-order valence-electron chi connectivity index (χ0n) is 11.1. The summed E-state index contributed by atoms with van der Waals surface area (Å²) in [6.07, 6.45) is 0. The SMILES string of the molecule is COCC(=O)c1ccc(-c2ccc(OC)cc2)cc1. The highest BCUT2D eigenvalue weighted by Crippen LogP contribution is 2.22. The van der Waals surface area contributed by atoms with Crippen molar-refractivity contribution in [1.29, 1.82) is 0 Å². The van der Waals surface area contributed by atoms with Gasteiger partial charge >= 0.3 is 0 Å². The molecular formula is C16H16O3. The third kappa shape index (κ3) is 3.20. The maximum atomic E-state index is 11.6. The van der Waals surface area contributed by atoms with E-state index in [1.807, 2.05) is 48.5 Å². The smallest absolute Gasteiger partial charge is 0.188 e. The molecule has 0 amide bonds. The Hall–Kier alpha value is -2.13. The third-order valence-electron chi connectivity index (χ3n) is 2.91. The van der Waals surface area contributed by atoms with Crippen LogP contribution in [-0.4, -0.2) is 26.6 Å². The van der Waals surface area contributed by atoms with Gasteiger partial charge in [0.2, 0.25) is 0 Å². The van der Waals surface area contributed by atoms with Crippen molar-refractivity contribution in [2.45, 2.75) is 0 Å². The molecule has 0 bridgehead atoms. The maximum Gasteiger partial charge on any atom is 0.188 e. The van der Waals surface area contributed by atoms with Gasteiger partial charge in [0.25, 0.3) is 0 Å². The molecule has 0 aliphatic carbocycles. The summed E-state index contributed by atoms with van der Waals surface area (Å²) in [4.78, 5) is 11.6. The lowest BCUT2D eigenvalue weighted by Gasteiger charge is -2.05. The Bertz CT molecular complexity index is 541. The van der Waals surface area contributed by atoms with Crippen LogP contribution in [0.4, 0.5) is 0 Å². The Balaban J connectivity index is 2.19. The van der Waals surface area contributed by atoms with Crippen molar-refractivity contribution in [3.05, 3.63) is 54.1 Å². The van der Waals surface area contributed by atoms with E-state index >= 15 is 0 Å². The fourth-order valence-corrected chi connectivity index (χ4v) is 1.85. The van der Waals surface area contributed by atoms with Gasteiger partial charge in [0, 0.05) is 12.7 Å². The Morgan fingerprint density at radius 3 is 1.89 bits per heavy atom. The molecule has 2 rings (SSSR count). The van der Waals surface area contributed by atoms with Crippen molar-refractivity contribution in [1.82, 2.24) is 0 Å². The molecule has 0 atom stereocenters. The number of hydrogen-bond donors (Lipinski definition) is 0. The molecule has 0 unspecified atom stereocenters. The van der Waals surface area contributed by atoms with Crippen molar-refractivity contribution in [3.8, 4) is 16.9 Å². The Morgan fingerprint density at radius 1 is 0.895 bits per heavy atom. The van der Waals surface area contributed by atoms with Gasteiger partial charge in [0.15, 0.2) is 5.78 Å². The van der Waals surface area contributed by atoms with Gasteiger partial charge < -0.3 is 9.47 Å². The number of benzene rings is 2. The fraction of sp³-hybridized carbons (Fsp3) is 0.188. The molecule has 0 saturated carbocycles. The number of methoxy groups -OCH3 is 2. The quantitative estimate of drug-likeness (QED) is 0.771. The van der Waals surface area contributed by atoms with E-state index in [0.717, 1.165) is 16.9 Å². The second-order valence-corrected chi connectivity index (χ2v) is 4.16. The summed E-state index contributed by atoms with van der Waals surface area (Å²) in [6.45, 7) is 0.113. The molecule has 0 aromatic heterocycles. The number of hydrogen-bond acceptors (Lipinski definition) is 3. The minimum atomic E-state index is -0.0104. The van der Waals surface area contributed by atoms with E-state index in [4.69, 9.17) is 9.47 Å². The van der Waals surface area contributed by atoms with Crippen LogP contribution in [0.2, 0.25) is 0 Å². The molecule has 0 aliphatic heterocycles. The van der Waals surface area contributed by atoms with E-state index < -0.39 is 0 Å². The summed E-state index contributed by atoms with van der Waals surface area (Å²) in [5, 5.41) is 0. The normalized spacial score (nSPS) is 10.2. The average Bonchev–Trinajstić information content (AvgIpc) is 2.48. The van der Waals surface area contributed by atoms with E-state index in [-0.39, 0.29) is 12.4 Å². The predicted molar refractivity (Wildman–Crippen MR) is 74.6 cm³/mol. The molecule has 3 heteroatoms. The summed E-state index contributed by atoms with van der Waals surface area (Å²) in [7, 11) is 3.16. The summed E-state index contributed by atoms with van der Waals surface area (Å²) in [5.41, 5.74) is 2.82. The first kappa shape index (κ1) is 13.3. The van der Waals surface area contributed by atoms with Crippen molar-refractivity contribution in [3.63, 3.8) is 0 Å². The van der Waals surface area contributed by atoms with Crippen molar-refractivity contribution >= 4 is 5.78 Å². The van der Waals surface area contributed by atoms with Gasteiger partial charge in [-0.05, 0) is 23.3 Å². The number of rotatable bonds is 5. The Kier molecular flexibility index (Phi) is 4.31. The van der Waals surface area contributed by atoms with Crippen LogP contribution in [0.5, 0.6) is 5.75 Å². The average molecular weight is 256 g/mol. The zero-order valence-corrected chi connectivity index (χ0v) is 11.1. The second kappa shape index (κ2) is 6.16. The van der Waals surface area contributed by atoms with Crippen LogP contribution in [0.3, 0.4) is 0 Å². The second-order valence-electron chi connectivity index (χ2n) is 4.16. The van der Waals surface area contributed by atoms with E-state index in [0.29, 0.717) is 5.56 Å². The standard InChI is InChI=1S/C16H16O3/c1-18-11-16(17)14-5-3-12(4-6-14)13-7-9-15(19-2)10-8-13/h3-10H,11H2,1-2H3. The first-order valence-corrected chi connectivity index (χ1v) is 6.01. The topological polar surface area (TPSA) is 35.5 Å². The zero-order chi connectivity index (χ0) is 13.7. The molecule has 0 fully saturated rings. The van der Waals surface area contributed by atoms with Crippen LogP contribution in [-0.2, 0) is 4.74 Å². The summed E-state index contributed by atoms with van der Waals surface area (Å²) >= 11 is 0. The van der Waals surface area contributed by atoms with Crippen molar-refractivity contribution in [2.24, 2.45) is 0 Å². The van der Waals surface area contributed by atoms with Gasteiger partial charge in [0.1, 0.15) is 12.4 Å². The molecular weight excluding hydrogens is 240 g/mol. The largest absolute Gasteiger partial charge is 0.497 e. The molecule has 2 aromatic carbocycles. The molecule has 0 N–H and O–H groups in total. The highest BCUT2D eigenvalue weighted by atomic mass is 16.5. The lowest BCUT2D eigenvalue weighted by molar-refractivity contribution is 0.0848. The van der Waals surface area contributed by atoms with Crippen LogP contribution >= 0.6 is 0 Å². The van der Waals surface area contributed by atoms with Crippen LogP contribution in [0, 0.1) is 0 Å². The van der Waals surface area contributed by atoms with Gasteiger partial charge in [-0.25, -0.2) is 0 Å². The minimum Gasteiger partial charge on any atom is -0.497 e. The molecule has 98 valence electrons. The molecule has 0 radical (unpaired) electrons. The molecule has 0 spiro atoms. The van der Waals surface area contributed by atoms with Crippen molar-refractivity contribution < 1.29 is 14.3 Å². The summed E-state index contributed by atoms with van der Waals surface area (Å²) in [6, 6.07) is 15.3. The van der Waals surface area contributed by atoms with E-state index in [1.54, 1.807) is 7.11 Å². The van der Waals surface area contributed by atoms with Gasteiger partial charge in [-0.3, -0.25) is 4.79 Å². The number of ether oxygens (including phenoxy) is 2. The number of carbonyl (C=O) groups excluding carboxylic acids is 1. The fourth-order valence-electron chi connectivity index (χ4n) is 1.85. The van der Waals surface area contributed by atoms with E-state index in [1.165, 1.54) is 7.11 Å². The lowest BCUT2D eigenvalue weighted by Crippen LogP contribution is -2.06. The van der Waals surface area contributed by atoms with Gasteiger partial charge in [-0.15, -0.1) is 0 Å². The van der Waals surface area contributed by atoms with E-state index in [2.05, 4.69) is 0 Å². The van der Waals surface area contributed by atoms with Crippen LogP contribution in [0.15, 0.2) is 48.5 Å². The number of Topliss-reactive ketones (excluding diaryl/α,β-unsaturated/α-hetero) is 1. The molecule has 0 saturated heterocycles. The van der Waals surface area contributed by atoms with Gasteiger partial charge in [-0.1, -0.05) is 36.4 Å². The van der Waals surface area contributed by atoms with Gasteiger partial charge in [0.05, 0.1) is 7.11 Å². The Labute approximate surface area is 112 Å². The highest BCUT2D eigenvalue weighted by molar-refractivity contribution is 5.97.